The molecule has 0 radical (unpaired) electrons. The summed E-state index contributed by atoms with van der Waals surface area (Å²) in [4.78, 5) is 11.7. The largest absolute Gasteiger partial charge is 0.461 e. The second kappa shape index (κ2) is 3.59. The van der Waals surface area contributed by atoms with Crippen LogP contribution in [0.5, 0.6) is 0 Å². The Morgan fingerprint density at radius 1 is 1.29 bits per heavy atom. The summed E-state index contributed by atoms with van der Waals surface area (Å²) >= 11 is 0. The molecule has 0 N–H and O–H groups in total. The molecule has 1 heterocycles. The highest BCUT2D eigenvalue weighted by molar-refractivity contribution is 5.75. The lowest BCUT2D eigenvalue weighted by molar-refractivity contribution is -0.144. The molecule has 0 unspecified atom stereocenters. The maximum atomic E-state index is 11.7. The maximum absolute atomic E-state index is 11.7. The zero-order chi connectivity index (χ0) is 12.2. The summed E-state index contributed by atoms with van der Waals surface area (Å²) in [6.07, 6.45) is 7.71. The van der Waals surface area contributed by atoms with E-state index in [1.54, 1.807) is 0 Å². The molecular formula is C15H18O2. The van der Waals surface area contributed by atoms with Crippen molar-refractivity contribution in [2.75, 3.05) is 0 Å². The summed E-state index contributed by atoms with van der Waals surface area (Å²) in [6, 6.07) is 0. The van der Waals surface area contributed by atoms with E-state index in [1.807, 2.05) is 6.92 Å². The molecule has 0 amide bonds. The molecule has 2 aliphatic carbocycles. The van der Waals surface area contributed by atoms with Gasteiger partial charge in [0.15, 0.2) is 0 Å². The van der Waals surface area contributed by atoms with Crippen LogP contribution in [0.3, 0.4) is 0 Å². The monoisotopic (exact) mass is 230 g/mol. The molecule has 17 heavy (non-hydrogen) atoms. The summed E-state index contributed by atoms with van der Waals surface area (Å²) in [5.74, 6) is 0.707. The van der Waals surface area contributed by atoms with Gasteiger partial charge in [-0.2, -0.15) is 0 Å². The third-order valence-electron chi connectivity index (χ3n) is 4.37. The first-order valence-corrected chi connectivity index (χ1v) is 6.39. The van der Waals surface area contributed by atoms with Gasteiger partial charge in [-0.25, -0.2) is 0 Å². The standard InChI is InChI=1S/C15H18O2/c1-8-4-5-11-9(2)6-14-13(7-12(8)11)10(3)15(16)17-14/h4-5,7,9-10,13-14H,6H2,1-3H3/t9-,10+,13+,14+/m0/s1. The minimum absolute atomic E-state index is 0.00690. The van der Waals surface area contributed by atoms with Gasteiger partial charge in [0.1, 0.15) is 6.10 Å². The number of hydrogen-bond donors (Lipinski definition) is 0. The number of ether oxygens (including phenoxy) is 1. The Morgan fingerprint density at radius 3 is 2.82 bits per heavy atom. The molecule has 2 heteroatoms. The van der Waals surface area contributed by atoms with E-state index in [9.17, 15) is 4.79 Å². The highest BCUT2D eigenvalue weighted by atomic mass is 16.6. The summed E-state index contributed by atoms with van der Waals surface area (Å²) in [5, 5.41) is 0. The van der Waals surface area contributed by atoms with Crippen LogP contribution < -0.4 is 0 Å². The predicted octanol–water partition coefficient (Wildman–Crippen LogP) is 3.02. The van der Waals surface area contributed by atoms with Gasteiger partial charge >= 0.3 is 5.97 Å². The molecule has 0 spiro atoms. The van der Waals surface area contributed by atoms with Crippen LogP contribution in [0.25, 0.3) is 0 Å². The SMILES string of the molecule is CC1=CC=C2C1=C[C@H]1[C@@H](C[C@@H]2C)OC(=O)[C@@H]1C. The van der Waals surface area contributed by atoms with Crippen LogP contribution >= 0.6 is 0 Å². The van der Waals surface area contributed by atoms with E-state index in [-0.39, 0.29) is 23.9 Å². The smallest absolute Gasteiger partial charge is 0.309 e. The topological polar surface area (TPSA) is 26.3 Å². The van der Waals surface area contributed by atoms with Crippen molar-refractivity contribution in [1.82, 2.24) is 0 Å². The minimum Gasteiger partial charge on any atom is -0.461 e. The van der Waals surface area contributed by atoms with Crippen LogP contribution in [0, 0.1) is 17.8 Å². The Bertz CT molecular complexity index is 467. The van der Waals surface area contributed by atoms with Crippen molar-refractivity contribution in [1.29, 1.82) is 0 Å². The van der Waals surface area contributed by atoms with Gasteiger partial charge in [0.2, 0.25) is 0 Å². The van der Waals surface area contributed by atoms with E-state index in [1.165, 1.54) is 16.7 Å². The number of hydrogen-bond acceptors (Lipinski definition) is 2. The third kappa shape index (κ3) is 1.50. The van der Waals surface area contributed by atoms with E-state index in [0.717, 1.165) is 6.42 Å². The number of carbonyl (C=O) groups excluding carboxylic acids is 1. The van der Waals surface area contributed by atoms with Crippen molar-refractivity contribution in [2.45, 2.75) is 33.3 Å². The minimum atomic E-state index is -0.0314. The maximum Gasteiger partial charge on any atom is 0.309 e. The first-order chi connectivity index (χ1) is 8.08. The lowest BCUT2D eigenvalue weighted by Gasteiger charge is -2.17. The van der Waals surface area contributed by atoms with Gasteiger partial charge in [0, 0.05) is 5.92 Å². The average Bonchev–Trinajstić information content (AvgIpc) is 2.71. The van der Waals surface area contributed by atoms with Crippen LogP contribution in [0.2, 0.25) is 0 Å². The van der Waals surface area contributed by atoms with Crippen LogP contribution in [0.4, 0.5) is 0 Å². The van der Waals surface area contributed by atoms with E-state index in [4.69, 9.17) is 4.74 Å². The molecule has 1 fully saturated rings. The Kier molecular flexibility index (Phi) is 2.29. The van der Waals surface area contributed by atoms with Gasteiger partial charge < -0.3 is 4.74 Å². The molecule has 3 rings (SSSR count). The van der Waals surface area contributed by atoms with Gasteiger partial charge in [0.05, 0.1) is 5.92 Å². The average molecular weight is 230 g/mol. The molecule has 2 nitrogen and oxygen atoms in total. The van der Waals surface area contributed by atoms with Crippen molar-refractivity contribution >= 4 is 5.97 Å². The number of rotatable bonds is 0. The van der Waals surface area contributed by atoms with Crippen LogP contribution in [0.15, 0.2) is 34.9 Å². The molecule has 0 aromatic heterocycles. The third-order valence-corrected chi connectivity index (χ3v) is 4.37. The van der Waals surface area contributed by atoms with Crippen LogP contribution in [-0.4, -0.2) is 12.1 Å². The second-order valence-corrected chi connectivity index (χ2v) is 5.53. The fourth-order valence-electron chi connectivity index (χ4n) is 3.22. The fourth-order valence-corrected chi connectivity index (χ4v) is 3.22. The summed E-state index contributed by atoms with van der Waals surface area (Å²) < 4.78 is 5.50. The first kappa shape index (κ1) is 10.8. The van der Waals surface area contributed by atoms with Gasteiger partial charge in [-0.1, -0.05) is 32.1 Å². The van der Waals surface area contributed by atoms with E-state index < -0.39 is 0 Å². The zero-order valence-electron chi connectivity index (χ0n) is 10.6. The van der Waals surface area contributed by atoms with E-state index >= 15 is 0 Å². The predicted molar refractivity (Wildman–Crippen MR) is 66.2 cm³/mol. The van der Waals surface area contributed by atoms with Gasteiger partial charge in [0.25, 0.3) is 0 Å². The molecular weight excluding hydrogens is 212 g/mol. The van der Waals surface area contributed by atoms with Gasteiger partial charge in [-0.05, 0) is 36.0 Å². The number of carbonyl (C=O) groups is 1. The quantitative estimate of drug-likeness (QED) is 0.598. The van der Waals surface area contributed by atoms with Crippen LogP contribution in [-0.2, 0) is 9.53 Å². The van der Waals surface area contributed by atoms with Crippen molar-refractivity contribution in [3.8, 4) is 0 Å². The Balaban J connectivity index is 2.04. The molecule has 1 saturated heterocycles. The van der Waals surface area contributed by atoms with E-state index in [2.05, 4.69) is 32.1 Å². The van der Waals surface area contributed by atoms with Gasteiger partial charge in [-0.3, -0.25) is 4.79 Å². The Hall–Kier alpha value is -1.31. The highest BCUT2D eigenvalue weighted by Gasteiger charge is 2.43. The van der Waals surface area contributed by atoms with Crippen LogP contribution in [0.1, 0.15) is 27.2 Å². The fraction of sp³-hybridized carbons (Fsp3) is 0.533. The Labute approximate surface area is 102 Å². The Morgan fingerprint density at radius 2 is 2.06 bits per heavy atom. The second-order valence-electron chi connectivity index (χ2n) is 5.53. The zero-order valence-corrected chi connectivity index (χ0v) is 10.6. The number of allylic oxidation sites excluding steroid dienone is 5. The van der Waals surface area contributed by atoms with Crippen molar-refractivity contribution < 1.29 is 9.53 Å². The summed E-state index contributed by atoms with van der Waals surface area (Å²) in [7, 11) is 0. The molecule has 90 valence electrons. The summed E-state index contributed by atoms with van der Waals surface area (Å²) in [5.41, 5.74) is 4.08. The molecule has 0 aromatic rings. The lowest BCUT2D eigenvalue weighted by Crippen LogP contribution is -2.18. The molecule has 4 atom stereocenters. The molecule has 0 saturated carbocycles. The molecule has 0 aromatic carbocycles. The highest BCUT2D eigenvalue weighted by Crippen LogP contribution is 2.43. The van der Waals surface area contributed by atoms with Crippen molar-refractivity contribution in [3.63, 3.8) is 0 Å². The molecule has 0 bridgehead atoms. The van der Waals surface area contributed by atoms with Gasteiger partial charge in [-0.15, -0.1) is 0 Å². The molecule has 3 aliphatic rings. The summed E-state index contributed by atoms with van der Waals surface area (Å²) in [6.45, 7) is 6.35. The van der Waals surface area contributed by atoms with Crippen molar-refractivity contribution in [3.05, 3.63) is 34.9 Å². The number of fused-ring (bicyclic) bond motifs is 2. The number of esters is 1. The lowest BCUT2D eigenvalue weighted by atomic mass is 9.89. The normalized spacial score (nSPS) is 39.7. The first-order valence-electron chi connectivity index (χ1n) is 6.39. The van der Waals surface area contributed by atoms with Crippen molar-refractivity contribution in [2.24, 2.45) is 17.8 Å². The molecule has 1 aliphatic heterocycles. The van der Waals surface area contributed by atoms with E-state index in [0.29, 0.717) is 5.92 Å².